The fourth-order valence-corrected chi connectivity index (χ4v) is 2.90. The molecule has 0 unspecified atom stereocenters. The number of anilines is 1. The fraction of sp³-hybridized carbons (Fsp3) is 0.500. The number of benzene rings is 1. The molecule has 1 atom stereocenters. The first-order chi connectivity index (χ1) is 13.5. The molecule has 1 saturated heterocycles. The lowest BCUT2D eigenvalue weighted by molar-refractivity contribution is -0.152. The minimum absolute atomic E-state index is 0.0257. The Labute approximate surface area is 169 Å². The van der Waals surface area contributed by atoms with Crippen LogP contribution in [0.25, 0.3) is 0 Å². The zero-order valence-corrected chi connectivity index (χ0v) is 17.3. The predicted octanol–water partition coefficient (Wildman–Crippen LogP) is 1.52. The van der Waals surface area contributed by atoms with Crippen LogP contribution in [0.2, 0.25) is 0 Å². The average Bonchev–Trinajstić information content (AvgIpc) is 2.99. The second kappa shape index (κ2) is 8.93. The smallest absolute Gasteiger partial charge is 0.321 e. The van der Waals surface area contributed by atoms with Crippen LogP contribution in [-0.2, 0) is 19.1 Å². The largest absolute Gasteiger partial charge is 0.495 e. The van der Waals surface area contributed by atoms with Crippen molar-refractivity contribution in [2.75, 3.05) is 25.2 Å². The number of hydrogen-bond acceptors (Lipinski definition) is 6. The van der Waals surface area contributed by atoms with Gasteiger partial charge in [0.1, 0.15) is 5.75 Å². The van der Waals surface area contributed by atoms with Crippen molar-refractivity contribution < 1.29 is 28.7 Å². The van der Waals surface area contributed by atoms with Crippen LogP contribution < -0.4 is 20.3 Å². The lowest BCUT2D eigenvalue weighted by Crippen LogP contribution is -2.49. The third-order valence-corrected chi connectivity index (χ3v) is 4.17. The first-order valence-corrected chi connectivity index (χ1v) is 9.24. The van der Waals surface area contributed by atoms with E-state index in [2.05, 4.69) is 10.6 Å². The van der Waals surface area contributed by atoms with E-state index < -0.39 is 36.0 Å². The summed E-state index contributed by atoms with van der Waals surface area (Å²) in [6.45, 7) is 6.72. The SMILES string of the molecule is COc1ccc(C)cc1N1C[C@H](C(=O)OCC(=O)NC(=O)NC(C)(C)C)CC1=O. The molecule has 4 amide bonds. The van der Waals surface area contributed by atoms with Crippen LogP contribution in [0.5, 0.6) is 5.75 Å². The van der Waals surface area contributed by atoms with Crippen molar-refractivity contribution in [1.82, 2.24) is 10.6 Å². The van der Waals surface area contributed by atoms with E-state index in [4.69, 9.17) is 9.47 Å². The Morgan fingerprint density at radius 3 is 2.55 bits per heavy atom. The molecule has 1 aromatic rings. The predicted molar refractivity (Wildman–Crippen MR) is 106 cm³/mol. The third-order valence-electron chi connectivity index (χ3n) is 4.17. The Balaban J connectivity index is 1.92. The van der Waals surface area contributed by atoms with Crippen molar-refractivity contribution >= 4 is 29.5 Å². The Bertz CT molecular complexity index is 815. The number of carbonyl (C=O) groups is 4. The summed E-state index contributed by atoms with van der Waals surface area (Å²) < 4.78 is 10.3. The molecule has 1 aliphatic rings. The Morgan fingerprint density at radius 2 is 1.93 bits per heavy atom. The fourth-order valence-electron chi connectivity index (χ4n) is 2.90. The number of urea groups is 1. The highest BCUT2D eigenvalue weighted by atomic mass is 16.5. The quantitative estimate of drug-likeness (QED) is 0.718. The van der Waals surface area contributed by atoms with Crippen molar-refractivity contribution in [1.29, 1.82) is 0 Å². The normalized spacial score (nSPS) is 16.4. The second-order valence-electron chi connectivity index (χ2n) is 7.94. The van der Waals surface area contributed by atoms with Crippen LogP contribution in [0.15, 0.2) is 18.2 Å². The van der Waals surface area contributed by atoms with Crippen molar-refractivity contribution in [3.63, 3.8) is 0 Å². The molecule has 1 aliphatic heterocycles. The van der Waals surface area contributed by atoms with Gasteiger partial charge in [0.05, 0.1) is 18.7 Å². The van der Waals surface area contributed by atoms with Gasteiger partial charge in [-0.3, -0.25) is 19.7 Å². The highest BCUT2D eigenvalue weighted by Gasteiger charge is 2.37. The summed E-state index contributed by atoms with van der Waals surface area (Å²) in [5.41, 5.74) is 1.03. The van der Waals surface area contributed by atoms with Gasteiger partial charge in [-0.1, -0.05) is 6.07 Å². The second-order valence-corrected chi connectivity index (χ2v) is 7.94. The number of ether oxygens (including phenoxy) is 2. The van der Waals surface area contributed by atoms with Crippen LogP contribution in [0, 0.1) is 12.8 Å². The molecule has 0 aromatic heterocycles. The van der Waals surface area contributed by atoms with Crippen molar-refractivity contribution in [3.05, 3.63) is 23.8 Å². The molecule has 0 aliphatic carbocycles. The topological polar surface area (TPSA) is 114 Å². The molecule has 158 valence electrons. The Morgan fingerprint density at radius 1 is 1.24 bits per heavy atom. The van der Waals surface area contributed by atoms with Crippen LogP contribution in [-0.4, -0.2) is 49.6 Å². The summed E-state index contributed by atoms with van der Waals surface area (Å²) in [7, 11) is 1.51. The van der Waals surface area contributed by atoms with Gasteiger partial charge in [0.2, 0.25) is 5.91 Å². The molecule has 29 heavy (non-hydrogen) atoms. The number of imide groups is 1. The highest BCUT2D eigenvalue weighted by Crippen LogP contribution is 2.34. The van der Waals surface area contributed by atoms with Crippen molar-refractivity contribution in [2.45, 2.75) is 39.7 Å². The van der Waals surface area contributed by atoms with E-state index >= 15 is 0 Å². The van der Waals surface area contributed by atoms with Gasteiger partial charge in [-0.25, -0.2) is 4.79 Å². The highest BCUT2D eigenvalue weighted by molar-refractivity contribution is 6.01. The van der Waals surface area contributed by atoms with Crippen molar-refractivity contribution in [3.8, 4) is 5.75 Å². The monoisotopic (exact) mass is 405 g/mol. The summed E-state index contributed by atoms with van der Waals surface area (Å²) in [5.74, 6) is -1.82. The number of aryl methyl sites for hydroxylation is 1. The molecule has 2 N–H and O–H groups in total. The van der Waals surface area contributed by atoms with Crippen LogP contribution in [0.4, 0.5) is 10.5 Å². The number of esters is 1. The minimum atomic E-state index is -0.748. The number of methoxy groups -OCH3 is 1. The van der Waals surface area contributed by atoms with Gasteiger partial charge in [0.15, 0.2) is 6.61 Å². The summed E-state index contributed by atoms with van der Waals surface area (Å²) in [6, 6.07) is 4.76. The van der Waals surface area contributed by atoms with E-state index in [-0.39, 0.29) is 18.9 Å². The van der Waals surface area contributed by atoms with E-state index in [0.717, 1.165) is 5.56 Å². The molecule has 9 heteroatoms. The molecular weight excluding hydrogens is 378 g/mol. The maximum absolute atomic E-state index is 12.4. The van der Waals surface area contributed by atoms with Crippen LogP contribution in [0.1, 0.15) is 32.8 Å². The number of amides is 4. The first kappa shape index (κ1) is 22.2. The number of rotatable bonds is 5. The zero-order valence-electron chi connectivity index (χ0n) is 17.3. The lowest BCUT2D eigenvalue weighted by Gasteiger charge is -2.20. The Kier molecular flexibility index (Phi) is 6.84. The molecule has 1 heterocycles. The van der Waals surface area contributed by atoms with Gasteiger partial charge in [0.25, 0.3) is 5.91 Å². The van der Waals surface area contributed by atoms with Gasteiger partial charge in [-0.15, -0.1) is 0 Å². The average molecular weight is 405 g/mol. The molecule has 9 nitrogen and oxygen atoms in total. The molecule has 0 spiro atoms. The molecule has 1 aromatic carbocycles. The van der Waals surface area contributed by atoms with E-state index in [1.165, 1.54) is 12.0 Å². The maximum atomic E-state index is 12.4. The van der Waals surface area contributed by atoms with E-state index in [1.54, 1.807) is 26.8 Å². The molecule has 2 rings (SSSR count). The number of hydrogen-bond donors (Lipinski definition) is 2. The Hall–Kier alpha value is -3.10. The molecule has 0 saturated carbocycles. The standard InChI is InChI=1S/C20H27N3O6/c1-12-6-7-15(28-5)14(8-12)23-10-13(9-17(23)25)18(26)29-11-16(24)21-19(27)22-20(2,3)4/h6-8,13H,9-11H2,1-5H3,(H2,21,22,24,27)/t13-/m1/s1. The molecule has 1 fully saturated rings. The number of nitrogens with one attached hydrogen (secondary N) is 2. The molecule has 0 bridgehead atoms. The van der Waals surface area contributed by atoms with Crippen molar-refractivity contribution in [2.24, 2.45) is 5.92 Å². The first-order valence-electron chi connectivity index (χ1n) is 9.24. The van der Waals surface area contributed by atoms with Gasteiger partial charge in [-0.05, 0) is 45.4 Å². The van der Waals surface area contributed by atoms with Gasteiger partial charge >= 0.3 is 12.0 Å². The molecular formula is C20H27N3O6. The summed E-state index contributed by atoms with van der Waals surface area (Å²) >= 11 is 0. The zero-order chi connectivity index (χ0) is 21.8. The van der Waals surface area contributed by atoms with Crippen LogP contribution >= 0.6 is 0 Å². The number of nitrogens with zero attached hydrogens (tertiary/aromatic N) is 1. The van der Waals surface area contributed by atoms with Gasteiger partial charge < -0.3 is 19.7 Å². The van der Waals surface area contributed by atoms with E-state index in [0.29, 0.717) is 11.4 Å². The van der Waals surface area contributed by atoms with E-state index in [9.17, 15) is 19.2 Å². The summed E-state index contributed by atoms with van der Waals surface area (Å²) in [6.07, 6.45) is -0.0257. The third kappa shape index (κ3) is 6.20. The van der Waals surface area contributed by atoms with Crippen LogP contribution in [0.3, 0.4) is 0 Å². The lowest BCUT2D eigenvalue weighted by atomic mass is 10.1. The summed E-state index contributed by atoms with van der Waals surface area (Å²) in [5, 5.41) is 4.65. The van der Waals surface area contributed by atoms with Gasteiger partial charge in [-0.2, -0.15) is 0 Å². The number of carbonyl (C=O) groups excluding carboxylic acids is 4. The summed E-state index contributed by atoms with van der Waals surface area (Å²) in [4.78, 5) is 49.6. The van der Waals surface area contributed by atoms with E-state index in [1.807, 2.05) is 19.1 Å². The molecule has 0 radical (unpaired) electrons. The minimum Gasteiger partial charge on any atom is -0.495 e. The maximum Gasteiger partial charge on any atom is 0.321 e. The van der Waals surface area contributed by atoms with Gasteiger partial charge in [0, 0.05) is 18.5 Å².